The van der Waals surface area contributed by atoms with E-state index < -0.39 is 12.0 Å². The molecule has 0 aliphatic rings. The molecule has 106 valence electrons. The predicted octanol–water partition coefficient (Wildman–Crippen LogP) is 1.24. The Morgan fingerprint density at radius 2 is 1.72 bits per heavy atom. The van der Waals surface area contributed by atoms with Crippen LogP contribution in [0.4, 0.5) is 0 Å². The van der Waals surface area contributed by atoms with Gasteiger partial charge in [-0.3, -0.25) is 4.79 Å². The van der Waals surface area contributed by atoms with Crippen LogP contribution in [-0.2, 0) is 9.59 Å². The normalized spacial score (nSPS) is 14.6. The first-order chi connectivity index (χ1) is 8.29. The van der Waals surface area contributed by atoms with Gasteiger partial charge in [-0.1, -0.05) is 34.6 Å². The van der Waals surface area contributed by atoms with Gasteiger partial charge in [-0.25, -0.2) is 4.79 Å². The van der Waals surface area contributed by atoms with Crippen LogP contribution in [0.3, 0.4) is 0 Å². The van der Waals surface area contributed by atoms with Crippen molar-refractivity contribution in [1.82, 2.24) is 10.6 Å². The molecule has 0 aromatic heterocycles. The Morgan fingerprint density at radius 3 is 2.06 bits per heavy atom. The maximum absolute atomic E-state index is 12.0. The lowest BCUT2D eigenvalue weighted by Gasteiger charge is -2.24. The molecule has 0 rings (SSSR count). The fourth-order valence-corrected chi connectivity index (χ4v) is 1.81. The van der Waals surface area contributed by atoms with E-state index in [2.05, 4.69) is 10.6 Å². The van der Waals surface area contributed by atoms with E-state index in [4.69, 9.17) is 5.11 Å². The zero-order chi connectivity index (χ0) is 14.3. The van der Waals surface area contributed by atoms with E-state index in [0.29, 0.717) is 13.0 Å². The van der Waals surface area contributed by atoms with Crippen LogP contribution in [0.1, 0.15) is 41.0 Å². The van der Waals surface area contributed by atoms with Crippen LogP contribution in [0.15, 0.2) is 0 Å². The van der Waals surface area contributed by atoms with E-state index in [9.17, 15) is 9.59 Å². The SMILES string of the molecule is CCN[C@H](C(=O)N[C@@H](CC(C)C)C(=O)O)C(C)C. The van der Waals surface area contributed by atoms with Gasteiger partial charge in [0.15, 0.2) is 0 Å². The minimum Gasteiger partial charge on any atom is -0.480 e. The van der Waals surface area contributed by atoms with Crippen LogP contribution in [0, 0.1) is 11.8 Å². The largest absolute Gasteiger partial charge is 0.480 e. The highest BCUT2D eigenvalue weighted by Crippen LogP contribution is 2.07. The molecular formula is C13H26N2O3. The number of rotatable bonds is 8. The van der Waals surface area contributed by atoms with Crippen molar-refractivity contribution in [3.63, 3.8) is 0 Å². The highest BCUT2D eigenvalue weighted by atomic mass is 16.4. The van der Waals surface area contributed by atoms with E-state index in [1.54, 1.807) is 0 Å². The molecule has 0 aromatic rings. The van der Waals surface area contributed by atoms with Crippen LogP contribution in [0.2, 0.25) is 0 Å². The van der Waals surface area contributed by atoms with Gasteiger partial charge in [0.2, 0.25) is 5.91 Å². The summed E-state index contributed by atoms with van der Waals surface area (Å²) in [5, 5.41) is 14.8. The van der Waals surface area contributed by atoms with E-state index in [0.717, 1.165) is 0 Å². The molecule has 0 unspecified atom stereocenters. The maximum Gasteiger partial charge on any atom is 0.326 e. The van der Waals surface area contributed by atoms with Gasteiger partial charge in [-0.2, -0.15) is 0 Å². The summed E-state index contributed by atoms with van der Waals surface area (Å²) < 4.78 is 0. The van der Waals surface area contributed by atoms with Crippen LogP contribution >= 0.6 is 0 Å². The number of aliphatic carboxylic acids is 1. The Kier molecular flexibility index (Phi) is 7.59. The highest BCUT2D eigenvalue weighted by Gasteiger charge is 2.26. The quantitative estimate of drug-likeness (QED) is 0.612. The standard InChI is InChI=1S/C13H26N2O3/c1-6-14-11(9(4)5)12(16)15-10(13(17)18)7-8(2)3/h8-11,14H,6-7H2,1-5H3,(H,15,16)(H,17,18)/t10-,11-/m0/s1. The molecule has 0 aliphatic heterocycles. The molecule has 5 nitrogen and oxygen atoms in total. The summed E-state index contributed by atoms with van der Waals surface area (Å²) in [6, 6.07) is -1.15. The first-order valence-electron chi connectivity index (χ1n) is 6.56. The number of hydrogen-bond acceptors (Lipinski definition) is 3. The molecule has 0 radical (unpaired) electrons. The predicted molar refractivity (Wildman–Crippen MR) is 71.3 cm³/mol. The van der Waals surface area contributed by atoms with Gasteiger partial charge in [-0.15, -0.1) is 0 Å². The summed E-state index contributed by atoms with van der Waals surface area (Å²) in [6.07, 6.45) is 0.442. The average molecular weight is 258 g/mol. The number of carboxylic acids is 1. The summed E-state index contributed by atoms with van der Waals surface area (Å²) in [4.78, 5) is 23.1. The van der Waals surface area contributed by atoms with E-state index in [1.165, 1.54) is 0 Å². The topological polar surface area (TPSA) is 78.4 Å². The number of nitrogens with one attached hydrogen (secondary N) is 2. The van der Waals surface area contributed by atoms with Gasteiger partial charge in [0, 0.05) is 0 Å². The number of carbonyl (C=O) groups is 2. The molecule has 2 atom stereocenters. The Bertz CT molecular complexity index is 277. The summed E-state index contributed by atoms with van der Waals surface area (Å²) >= 11 is 0. The Morgan fingerprint density at radius 1 is 1.17 bits per heavy atom. The number of carbonyl (C=O) groups excluding carboxylic acids is 1. The number of hydrogen-bond donors (Lipinski definition) is 3. The summed E-state index contributed by atoms with van der Waals surface area (Å²) in [5.74, 6) is -0.863. The molecule has 0 aliphatic carbocycles. The zero-order valence-electron chi connectivity index (χ0n) is 12.0. The fraction of sp³-hybridized carbons (Fsp3) is 0.846. The third-order valence-corrected chi connectivity index (χ3v) is 2.69. The molecule has 0 aromatic carbocycles. The van der Waals surface area contributed by atoms with Crippen molar-refractivity contribution in [3.05, 3.63) is 0 Å². The Hall–Kier alpha value is -1.10. The number of amides is 1. The molecule has 1 amide bonds. The smallest absolute Gasteiger partial charge is 0.326 e. The Balaban J connectivity index is 4.60. The van der Waals surface area contributed by atoms with Crippen molar-refractivity contribution < 1.29 is 14.7 Å². The minimum atomic E-state index is -0.976. The van der Waals surface area contributed by atoms with Crippen LogP contribution < -0.4 is 10.6 Å². The molecule has 0 heterocycles. The van der Waals surface area contributed by atoms with Crippen LogP contribution in [-0.4, -0.2) is 35.6 Å². The van der Waals surface area contributed by atoms with E-state index in [1.807, 2.05) is 34.6 Å². The lowest BCUT2D eigenvalue weighted by atomic mass is 10.0. The van der Waals surface area contributed by atoms with Gasteiger partial charge in [-0.05, 0) is 24.8 Å². The lowest BCUT2D eigenvalue weighted by Crippen LogP contribution is -2.52. The van der Waals surface area contributed by atoms with Crippen molar-refractivity contribution in [1.29, 1.82) is 0 Å². The van der Waals surface area contributed by atoms with Crippen molar-refractivity contribution in [3.8, 4) is 0 Å². The molecule has 0 fully saturated rings. The van der Waals surface area contributed by atoms with Crippen LogP contribution in [0.5, 0.6) is 0 Å². The molecule has 0 bridgehead atoms. The van der Waals surface area contributed by atoms with E-state index >= 15 is 0 Å². The molecule has 3 N–H and O–H groups in total. The molecule has 0 saturated heterocycles. The lowest BCUT2D eigenvalue weighted by molar-refractivity contribution is -0.142. The van der Waals surface area contributed by atoms with Crippen molar-refractivity contribution >= 4 is 11.9 Å². The van der Waals surface area contributed by atoms with Crippen molar-refractivity contribution in [2.45, 2.75) is 53.1 Å². The summed E-state index contributed by atoms with van der Waals surface area (Å²) in [6.45, 7) is 10.3. The minimum absolute atomic E-state index is 0.124. The zero-order valence-corrected chi connectivity index (χ0v) is 12.0. The maximum atomic E-state index is 12.0. The fourth-order valence-electron chi connectivity index (χ4n) is 1.81. The van der Waals surface area contributed by atoms with Gasteiger partial charge >= 0.3 is 5.97 Å². The second-order valence-corrected chi connectivity index (χ2v) is 5.31. The first kappa shape index (κ1) is 16.9. The first-order valence-corrected chi connectivity index (χ1v) is 6.56. The summed E-state index contributed by atoms with van der Waals surface area (Å²) in [7, 11) is 0. The second-order valence-electron chi connectivity index (χ2n) is 5.31. The third-order valence-electron chi connectivity index (χ3n) is 2.69. The average Bonchev–Trinajstić information content (AvgIpc) is 2.23. The van der Waals surface area contributed by atoms with E-state index in [-0.39, 0.29) is 23.8 Å². The number of likely N-dealkylation sites (N-methyl/N-ethyl adjacent to an activating group) is 1. The van der Waals surface area contributed by atoms with Gasteiger partial charge < -0.3 is 15.7 Å². The molecular weight excluding hydrogens is 232 g/mol. The summed E-state index contributed by atoms with van der Waals surface area (Å²) in [5.41, 5.74) is 0. The molecule has 0 saturated carbocycles. The second kappa shape index (κ2) is 8.08. The van der Waals surface area contributed by atoms with Gasteiger partial charge in [0.25, 0.3) is 0 Å². The molecule has 18 heavy (non-hydrogen) atoms. The number of carboxylic acid groups (broad SMARTS) is 1. The van der Waals surface area contributed by atoms with Crippen LogP contribution in [0.25, 0.3) is 0 Å². The highest BCUT2D eigenvalue weighted by molar-refractivity contribution is 5.87. The molecule has 5 heteroatoms. The monoisotopic (exact) mass is 258 g/mol. The molecule has 0 spiro atoms. The Labute approximate surface area is 109 Å². The van der Waals surface area contributed by atoms with Crippen molar-refractivity contribution in [2.24, 2.45) is 11.8 Å². The third kappa shape index (κ3) is 6.00. The van der Waals surface area contributed by atoms with Gasteiger partial charge in [0.1, 0.15) is 6.04 Å². The van der Waals surface area contributed by atoms with Gasteiger partial charge in [0.05, 0.1) is 6.04 Å². The van der Waals surface area contributed by atoms with Crippen molar-refractivity contribution in [2.75, 3.05) is 6.54 Å².